The Hall–Kier alpha value is -0.960. The van der Waals surface area contributed by atoms with Crippen LogP contribution in [0.4, 0.5) is 0 Å². The molecular weight excluding hydrogens is 264 g/mol. The van der Waals surface area contributed by atoms with Gasteiger partial charge in [-0.3, -0.25) is 4.99 Å². The number of nitrogens with zero attached hydrogens (tertiary/aromatic N) is 1. The van der Waals surface area contributed by atoms with Crippen LogP contribution in [0.3, 0.4) is 0 Å². The van der Waals surface area contributed by atoms with Crippen molar-refractivity contribution in [2.45, 2.75) is 51.6 Å². The highest BCUT2D eigenvalue weighted by molar-refractivity contribution is 8.14. The molecule has 1 aliphatic heterocycles. The standard InChI is InChI=1S/C17H24N2S/c1-17(2)9-8-14(11-17)18-16-19-15(12-20-16)10-13-6-4-3-5-7-13/h3-7,14-15H,8-12H2,1-2H3,(H,18,19). The van der Waals surface area contributed by atoms with Gasteiger partial charge in [-0.2, -0.15) is 0 Å². The third-order valence-electron chi connectivity index (χ3n) is 4.32. The Morgan fingerprint density at radius 3 is 2.80 bits per heavy atom. The predicted molar refractivity (Wildman–Crippen MR) is 88.4 cm³/mol. The van der Waals surface area contributed by atoms with Crippen LogP contribution >= 0.6 is 11.8 Å². The first kappa shape index (κ1) is 14.0. The largest absolute Gasteiger partial charge is 0.362 e. The molecule has 1 fully saturated rings. The van der Waals surface area contributed by atoms with Crippen LogP contribution in [0.2, 0.25) is 0 Å². The molecule has 1 heterocycles. The number of rotatable bonds is 3. The molecule has 1 aromatic rings. The van der Waals surface area contributed by atoms with Crippen molar-refractivity contribution in [1.82, 2.24) is 5.32 Å². The number of benzene rings is 1. The number of amidine groups is 1. The number of nitrogens with one attached hydrogen (secondary N) is 1. The third-order valence-corrected chi connectivity index (χ3v) is 5.37. The quantitative estimate of drug-likeness (QED) is 0.913. The highest BCUT2D eigenvalue weighted by Gasteiger charge is 2.32. The van der Waals surface area contributed by atoms with Crippen molar-refractivity contribution in [1.29, 1.82) is 0 Å². The number of hydrogen-bond donors (Lipinski definition) is 1. The van der Waals surface area contributed by atoms with Crippen molar-refractivity contribution in [3.63, 3.8) is 0 Å². The lowest BCUT2D eigenvalue weighted by molar-refractivity contribution is 0.372. The molecule has 0 amide bonds. The van der Waals surface area contributed by atoms with Gasteiger partial charge >= 0.3 is 0 Å². The van der Waals surface area contributed by atoms with Gasteiger partial charge in [-0.25, -0.2) is 0 Å². The van der Waals surface area contributed by atoms with E-state index in [1.54, 1.807) is 0 Å². The van der Waals surface area contributed by atoms with Crippen LogP contribution in [0, 0.1) is 5.41 Å². The first-order valence-corrected chi connectivity index (χ1v) is 8.60. The van der Waals surface area contributed by atoms with Gasteiger partial charge in [-0.1, -0.05) is 55.9 Å². The van der Waals surface area contributed by atoms with Gasteiger partial charge in [0.2, 0.25) is 0 Å². The second-order valence-electron chi connectivity index (χ2n) is 6.84. The Morgan fingerprint density at radius 2 is 2.10 bits per heavy atom. The van der Waals surface area contributed by atoms with Crippen molar-refractivity contribution >= 4 is 16.9 Å². The Kier molecular flexibility index (Phi) is 4.06. The summed E-state index contributed by atoms with van der Waals surface area (Å²) in [6.45, 7) is 4.74. The van der Waals surface area contributed by atoms with Gasteiger partial charge in [0.1, 0.15) is 0 Å². The molecule has 20 heavy (non-hydrogen) atoms. The minimum atomic E-state index is 0.444. The first-order chi connectivity index (χ1) is 9.61. The van der Waals surface area contributed by atoms with Crippen molar-refractivity contribution in [2.24, 2.45) is 10.4 Å². The molecule has 0 saturated heterocycles. The SMILES string of the molecule is CC1(C)CCC(NC2=NC(Cc3ccccc3)CS2)C1. The molecule has 1 aromatic carbocycles. The minimum absolute atomic E-state index is 0.444. The van der Waals surface area contributed by atoms with Crippen LogP contribution in [-0.4, -0.2) is 23.0 Å². The van der Waals surface area contributed by atoms with E-state index in [2.05, 4.69) is 49.5 Å². The zero-order valence-corrected chi connectivity index (χ0v) is 13.2. The van der Waals surface area contributed by atoms with Crippen LogP contribution in [0.1, 0.15) is 38.7 Å². The van der Waals surface area contributed by atoms with E-state index in [1.807, 2.05) is 11.8 Å². The van der Waals surface area contributed by atoms with E-state index >= 15 is 0 Å². The monoisotopic (exact) mass is 288 g/mol. The maximum absolute atomic E-state index is 4.86. The molecule has 3 rings (SSSR count). The fourth-order valence-electron chi connectivity index (χ4n) is 3.22. The van der Waals surface area contributed by atoms with Gasteiger partial charge in [0.15, 0.2) is 5.17 Å². The van der Waals surface area contributed by atoms with E-state index in [1.165, 1.54) is 30.0 Å². The molecule has 0 radical (unpaired) electrons. The lowest BCUT2D eigenvalue weighted by Gasteiger charge is -2.18. The predicted octanol–water partition coefficient (Wildman–Crippen LogP) is 3.87. The third kappa shape index (κ3) is 3.57. The van der Waals surface area contributed by atoms with Gasteiger partial charge in [0.05, 0.1) is 6.04 Å². The van der Waals surface area contributed by atoms with Crippen LogP contribution in [0.25, 0.3) is 0 Å². The molecule has 2 nitrogen and oxygen atoms in total. The Morgan fingerprint density at radius 1 is 1.30 bits per heavy atom. The molecule has 2 unspecified atom stereocenters. The molecule has 0 aromatic heterocycles. The molecule has 108 valence electrons. The average Bonchev–Trinajstić information content (AvgIpc) is 2.98. The zero-order valence-electron chi connectivity index (χ0n) is 12.4. The lowest BCUT2D eigenvalue weighted by Crippen LogP contribution is -2.30. The van der Waals surface area contributed by atoms with E-state index in [4.69, 9.17) is 4.99 Å². The van der Waals surface area contributed by atoms with Crippen LogP contribution in [0.5, 0.6) is 0 Å². The smallest absolute Gasteiger partial charge is 0.157 e. The zero-order chi connectivity index (χ0) is 14.0. The summed E-state index contributed by atoms with van der Waals surface area (Å²) < 4.78 is 0. The van der Waals surface area contributed by atoms with Crippen molar-refractivity contribution < 1.29 is 0 Å². The summed E-state index contributed by atoms with van der Waals surface area (Å²) in [5, 5.41) is 4.84. The number of aliphatic imine (C=N–C) groups is 1. The Bertz CT molecular complexity index is 481. The molecule has 1 N–H and O–H groups in total. The molecule has 0 spiro atoms. The van der Waals surface area contributed by atoms with Crippen LogP contribution in [-0.2, 0) is 6.42 Å². The highest BCUT2D eigenvalue weighted by Crippen LogP contribution is 2.37. The Balaban J connectivity index is 1.53. The second-order valence-corrected chi connectivity index (χ2v) is 7.85. The minimum Gasteiger partial charge on any atom is -0.362 e. The van der Waals surface area contributed by atoms with Gasteiger partial charge in [0, 0.05) is 11.8 Å². The summed E-state index contributed by atoms with van der Waals surface area (Å²) in [6.07, 6.45) is 4.96. The van der Waals surface area contributed by atoms with Crippen LogP contribution < -0.4 is 5.32 Å². The summed E-state index contributed by atoms with van der Waals surface area (Å²) in [5.74, 6) is 1.12. The molecule has 1 aliphatic carbocycles. The number of hydrogen-bond acceptors (Lipinski definition) is 3. The van der Waals surface area contributed by atoms with E-state index in [0.717, 1.165) is 12.2 Å². The maximum atomic E-state index is 4.86. The summed E-state index contributed by atoms with van der Waals surface area (Å²) >= 11 is 1.90. The van der Waals surface area contributed by atoms with E-state index in [9.17, 15) is 0 Å². The number of thioether (sulfide) groups is 1. The molecule has 2 atom stereocenters. The first-order valence-electron chi connectivity index (χ1n) is 7.62. The summed E-state index contributed by atoms with van der Waals surface area (Å²) in [6, 6.07) is 11.8. The highest BCUT2D eigenvalue weighted by atomic mass is 32.2. The van der Waals surface area contributed by atoms with Gasteiger partial charge in [-0.05, 0) is 36.7 Å². The maximum Gasteiger partial charge on any atom is 0.157 e. The lowest BCUT2D eigenvalue weighted by atomic mass is 9.92. The second kappa shape index (κ2) is 5.80. The fraction of sp³-hybridized carbons (Fsp3) is 0.588. The van der Waals surface area contributed by atoms with Crippen molar-refractivity contribution in [2.75, 3.05) is 5.75 Å². The summed E-state index contributed by atoms with van der Waals surface area (Å²) in [4.78, 5) is 4.86. The molecule has 1 saturated carbocycles. The summed E-state index contributed by atoms with van der Waals surface area (Å²) in [5.41, 5.74) is 1.90. The van der Waals surface area contributed by atoms with Crippen LogP contribution in [0.15, 0.2) is 35.3 Å². The molecular formula is C17H24N2S. The average molecular weight is 288 g/mol. The molecule has 3 heteroatoms. The Labute approximate surface area is 126 Å². The topological polar surface area (TPSA) is 24.4 Å². The van der Waals surface area contributed by atoms with E-state index in [0.29, 0.717) is 17.5 Å². The van der Waals surface area contributed by atoms with Crippen molar-refractivity contribution in [3.8, 4) is 0 Å². The van der Waals surface area contributed by atoms with Gasteiger partial charge < -0.3 is 5.32 Å². The molecule has 0 bridgehead atoms. The van der Waals surface area contributed by atoms with E-state index in [-0.39, 0.29) is 0 Å². The summed E-state index contributed by atoms with van der Waals surface area (Å²) in [7, 11) is 0. The fourth-order valence-corrected chi connectivity index (χ4v) is 4.24. The van der Waals surface area contributed by atoms with Gasteiger partial charge in [0.25, 0.3) is 0 Å². The van der Waals surface area contributed by atoms with Gasteiger partial charge in [-0.15, -0.1) is 0 Å². The normalized spacial score (nSPS) is 28.4. The van der Waals surface area contributed by atoms with E-state index < -0.39 is 0 Å². The molecule has 2 aliphatic rings. The van der Waals surface area contributed by atoms with Crippen molar-refractivity contribution in [3.05, 3.63) is 35.9 Å².